The van der Waals surface area contributed by atoms with Gasteiger partial charge in [-0.3, -0.25) is 14.0 Å². The Balaban J connectivity index is 1.89. The first kappa shape index (κ1) is 18.1. The highest BCUT2D eigenvalue weighted by Gasteiger charge is 2.19. The number of amides is 1. The monoisotopic (exact) mass is 375 g/mol. The van der Waals surface area contributed by atoms with E-state index in [9.17, 15) is 4.79 Å². The SMILES string of the molecule is CONC(=O)c1ccc2nnc(-c3ccc4cccc(C(C)(C)C)c4n3)n2c1. The second kappa shape index (κ2) is 6.69. The van der Waals surface area contributed by atoms with Crippen LogP contribution >= 0.6 is 0 Å². The Morgan fingerprint density at radius 2 is 1.89 bits per heavy atom. The van der Waals surface area contributed by atoms with Crippen LogP contribution < -0.4 is 5.48 Å². The minimum atomic E-state index is -0.342. The van der Waals surface area contributed by atoms with Crippen LogP contribution in [0.25, 0.3) is 28.1 Å². The molecule has 7 heteroatoms. The van der Waals surface area contributed by atoms with Crippen LogP contribution in [-0.2, 0) is 10.3 Å². The van der Waals surface area contributed by atoms with E-state index in [0.717, 1.165) is 10.9 Å². The van der Waals surface area contributed by atoms with Crippen LogP contribution in [0.1, 0.15) is 36.7 Å². The van der Waals surface area contributed by atoms with Crippen molar-refractivity contribution in [3.05, 3.63) is 59.8 Å². The summed E-state index contributed by atoms with van der Waals surface area (Å²) in [6.07, 6.45) is 1.68. The molecule has 3 aromatic heterocycles. The summed E-state index contributed by atoms with van der Waals surface area (Å²) in [4.78, 5) is 21.7. The molecule has 0 fully saturated rings. The van der Waals surface area contributed by atoms with Gasteiger partial charge in [0.2, 0.25) is 0 Å². The van der Waals surface area contributed by atoms with Gasteiger partial charge in [0, 0.05) is 11.6 Å². The third kappa shape index (κ3) is 3.10. The predicted molar refractivity (Wildman–Crippen MR) is 107 cm³/mol. The molecule has 1 amide bonds. The van der Waals surface area contributed by atoms with Crippen molar-refractivity contribution < 1.29 is 9.63 Å². The molecule has 1 N–H and O–H groups in total. The maximum absolute atomic E-state index is 12.1. The molecule has 0 unspecified atom stereocenters. The number of para-hydroxylation sites is 1. The van der Waals surface area contributed by atoms with Gasteiger partial charge in [0.1, 0.15) is 5.69 Å². The van der Waals surface area contributed by atoms with Gasteiger partial charge in [-0.05, 0) is 29.2 Å². The van der Waals surface area contributed by atoms with E-state index in [2.05, 4.69) is 54.6 Å². The summed E-state index contributed by atoms with van der Waals surface area (Å²) in [7, 11) is 1.40. The first-order valence-corrected chi connectivity index (χ1v) is 8.97. The minimum absolute atomic E-state index is 0.0382. The van der Waals surface area contributed by atoms with E-state index in [4.69, 9.17) is 9.82 Å². The summed E-state index contributed by atoms with van der Waals surface area (Å²) >= 11 is 0. The van der Waals surface area contributed by atoms with Crippen molar-refractivity contribution in [1.82, 2.24) is 25.1 Å². The van der Waals surface area contributed by atoms with Crippen LogP contribution in [-0.4, -0.2) is 32.6 Å². The topological polar surface area (TPSA) is 81.4 Å². The van der Waals surface area contributed by atoms with Crippen molar-refractivity contribution in [2.75, 3.05) is 7.11 Å². The number of hydroxylamine groups is 1. The zero-order valence-electron chi connectivity index (χ0n) is 16.2. The van der Waals surface area contributed by atoms with Crippen LogP contribution in [0.5, 0.6) is 0 Å². The zero-order chi connectivity index (χ0) is 19.9. The lowest BCUT2D eigenvalue weighted by Crippen LogP contribution is -2.22. The van der Waals surface area contributed by atoms with Gasteiger partial charge >= 0.3 is 0 Å². The molecule has 1 aromatic carbocycles. The van der Waals surface area contributed by atoms with Gasteiger partial charge < -0.3 is 0 Å². The molecule has 0 aliphatic rings. The number of carbonyl (C=O) groups is 1. The first-order valence-electron chi connectivity index (χ1n) is 8.97. The number of rotatable bonds is 3. The molecule has 0 saturated carbocycles. The number of nitrogens with one attached hydrogen (secondary N) is 1. The number of hydrogen-bond donors (Lipinski definition) is 1. The summed E-state index contributed by atoms with van der Waals surface area (Å²) in [6, 6.07) is 13.6. The van der Waals surface area contributed by atoms with Crippen molar-refractivity contribution in [2.24, 2.45) is 0 Å². The lowest BCUT2D eigenvalue weighted by atomic mass is 9.85. The summed E-state index contributed by atoms with van der Waals surface area (Å²) in [5, 5.41) is 9.58. The van der Waals surface area contributed by atoms with Gasteiger partial charge in [-0.15, -0.1) is 10.2 Å². The molecular formula is C21H21N5O2. The van der Waals surface area contributed by atoms with E-state index < -0.39 is 0 Å². The lowest BCUT2D eigenvalue weighted by Gasteiger charge is -2.20. The van der Waals surface area contributed by atoms with Gasteiger partial charge in [-0.1, -0.05) is 45.0 Å². The fourth-order valence-corrected chi connectivity index (χ4v) is 3.23. The molecule has 3 heterocycles. The van der Waals surface area contributed by atoms with Crippen LogP contribution in [0.15, 0.2) is 48.7 Å². The van der Waals surface area contributed by atoms with E-state index in [1.165, 1.54) is 12.7 Å². The Kier molecular flexibility index (Phi) is 4.31. The van der Waals surface area contributed by atoms with Crippen molar-refractivity contribution in [1.29, 1.82) is 0 Å². The second-order valence-corrected chi connectivity index (χ2v) is 7.63. The van der Waals surface area contributed by atoms with Gasteiger partial charge in [-0.25, -0.2) is 10.5 Å². The fraction of sp³-hybridized carbons (Fsp3) is 0.238. The standard InChI is InChI=1S/C21H21N5O2/c1-21(2,3)15-7-5-6-13-8-10-16(22-18(13)15)19-24-23-17-11-9-14(12-26(17)19)20(27)25-28-4/h5-12H,1-4H3,(H,25,27). The van der Waals surface area contributed by atoms with Gasteiger partial charge in [-0.2, -0.15) is 0 Å². The van der Waals surface area contributed by atoms with Crippen molar-refractivity contribution >= 4 is 22.5 Å². The average Bonchev–Trinajstić information content (AvgIpc) is 3.09. The molecule has 7 nitrogen and oxygen atoms in total. The quantitative estimate of drug-likeness (QED) is 0.554. The van der Waals surface area contributed by atoms with E-state index >= 15 is 0 Å². The fourth-order valence-electron chi connectivity index (χ4n) is 3.23. The minimum Gasteiger partial charge on any atom is -0.280 e. The third-order valence-electron chi connectivity index (χ3n) is 4.62. The highest BCUT2D eigenvalue weighted by Crippen LogP contribution is 2.30. The number of benzene rings is 1. The molecule has 28 heavy (non-hydrogen) atoms. The number of nitrogens with zero attached hydrogens (tertiary/aromatic N) is 4. The molecule has 4 aromatic rings. The zero-order valence-corrected chi connectivity index (χ0v) is 16.2. The van der Waals surface area contributed by atoms with Crippen LogP contribution in [0.2, 0.25) is 0 Å². The highest BCUT2D eigenvalue weighted by atomic mass is 16.6. The Morgan fingerprint density at radius 1 is 1.07 bits per heavy atom. The van der Waals surface area contributed by atoms with E-state index in [-0.39, 0.29) is 11.3 Å². The average molecular weight is 375 g/mol. The number of hydrogen-bond acceptors (Lipinski definition) is 5. The maximum Gasteiger partial charge on any atom is 0.276 e. The smallest absolute Gasteiger partial charge is 0.276 e. The van der Waals surface area contributed by atoms with Crippen molar-refractivity contribution in [2.45, 2.75) is 26.2 Å². The molecule has 0 aliphatic heterocycles. The number of fused-ring (bicyclic) bond motifs is 2. The molecular weight excluding hydrogens is 354 g/mol. The first-order chi connectivity index (χ1) is 13.4. The van der Waals surface area contributed by atoms with Gasteiger partial charge in [0.15, 0.2) is 11.5 Å². The van der Waals surface area contributed by atoms with Crippen LogP contribution in [0.3, 0.4) is 0 Å². The van der Waals surface area contributed by atoms with Gasteiger partial charge in [0.05, 0.1) is 18.2 Å². The summed E-state index contributed by atoms with van der Waals surface area (Å²) in [5.74, 6) is 0.234. The lowest BCUT2D eigenvalue weighted by molar-refractivity contribution is 0.0537. The van der Waals surface area contributed by atoms with E-state index in [1.54, 1.807) is 22.7 Å². The summed E-state index contributed by atoms with van der Waals surface area (Å²) in [6.45, 7) is 6.51. The van der Waals surface area contributed by atoms with Crippen molar-refractivity contribution in [3.63, 3.8) is 0 Å². The van der Waals surface area contributed by atoms with Crippen LogP contribution in [0.4, 0.5) is 0 Å². The Bertz CT molecular complexity index is 1190. The number of aromatic nitrogens is 4. The normalized spacial score (nSPS) is 11.9. The Labute approximate surface area is 162 Å². The maximum atomic E-state index is 12.1. The summed E-state index contributed by atoms with van der Waals surface area (Å²) in [5.41, 5.74) is 6.16. The molecule has 0 spiro atoms. The largest absolute Gasteiger partial charge is 0.280 e. The molecule has 0 aliphatic carbocycles. The van der Waals surface area contributed by atoms with E-state index in [1.807, 2.05) is 12.1 Å². The molecule has 0 atom stereocenters. The molecule has 0 saturated heterocycles. The molecule has 142 valence electrons. The highest BCUT2D eigenvalue weighted by molar-refractivity contribution is 5.93. The Morgan fingerprint density at radius 3 is 2.64 bits per heavy atom. The number of carbonyl (C=O) groups excluding carboxylic acids is 1. The van der Waals surface area contributed by atoms with Gasteiger partial charge in [0.25, 0.3) is 5.91 Å². The van der Waals surface area contributed by atoms with E-state index in [0.29, 0.717) is 22.7 Å². The molecule has 0 bridgehead atoms. The molecule has 0 radical (unpaired) electrons. The predicted octanol–water partition coefficient (Wildman–Crippen LogP) is 3.53. The molecule has 4 rings (SSSR count). The second-order valence-electron chi connectivity index (χ2n) is 7.63. The Hall–Kier alpha value is -3.32. The van der Waals surface area contributed by atoms with Crippen molar-refractivity contribution in [3.8, 4) is 11.5 Å². The third-order valence-corrected chi connectivity index (χ3v) is 4.62. The summed E-state index contributed by atoms with van der Waals surface area (Å²) < 4.78 is 1.76. The van der Waals surface area contributed by atoms with Crippen LogP contribution in [0, 0.1) is 0 Å². The number of pyridine rings is 2.